The first kappa shape index (κ1) is 18.2. The van der Waals surface area contributed by atoms with Crippen molar-refractivity contribution >= 4 is 10.0 Å². The number of aliphatic hydroxyl groups is 1. The van der Waals surface area contributed by atoms with Crippen LogP contribution in [0.4, 0.5) is 0 Å². The Morgan fingerprint density at radius 3 is 2.64 bits per heavy atom. The highest BCUT2D eigenvalue weighted by atomic mass is 32.2. The second-order valence-corrected chi connectivity index (χ2v) is 10.3. The zero-order valence-electron chi connectivity index (χ0n) is 14.3. The molecular formula is C16H31NO4S. The molecule has 2 rings (SSSR count). The highest BCUT2D eigenvalue weighted by Gasteiger charge is 2.47. The Bertz CT molecular complexity index is 481. The second-order valence-electron chi connectivity index (χ2n) is 8.24. The van der Waals surface area contributed by atoms with E-state index in [-0.39, 0.29) is 23.1 Å². The Labute approximate surface area is 135 Å². The Morgan fingerprint density at radius 1 is 1.36 bits per heavy atom. The molecule has 0 spiro atoms. The van der Waals surface area contributed by atoms with Gasteiger partial charge in [-0.05, 0) is 38.0 Å². The van der Waals surface area contributed by atoms with Gasteiger partial charge in [0.15, 0.2) is 0 Å². The lowest BCUT2D eigenvalue weighted by Gasteiger charge is -2.42. The van der Waals surface area contributed by atoms with Gasteiger partial charge in [0.1, 0.15) is 0 Å². The molecule has 2 saturated heterocycles. The van der Waals surface area contributed by atoms with Crippen molar-refractivity contribution in [2.75, 3.05) is 25.5 Å². The Hall–Kier alpha value is -0.170. The average molecular weight is 333 g/mol. The molecule has 0 amide bonds. The number of rotatable bonds is 4. The lowest BCUT2D eigenvalue weighted by Crippen LogP contribution is -2.54. The fraction of sp³-hybridized carbons (Fsp3) is 1.00. The zero-order valence-corrected chi connectivity index (χ0v) is 15.2. The van der Waals surface area contributed by atoms with Crippen LogP contribution in [-0.4, -0.2) is 55.0 Å². The van der Waals surface area contributed by atoms with Gasteiger partial charge in [-0.1, -0.05) is 20.8 Å². The van der Waals surface area contributed by atoms with Crippen LogP contribution in [0.25, 0.3) is 0 Å². The molecule has 1 N–H and O–H groups in total. The molecular weight excluding hydrogens is 302 g/mol. The summed E-state index contributed by atoms with van der Waals surface area (Å²) in [5, 5.41) is 10.6. The summed E-state index contributed by atoms with van der Waals surface area (Å²) in [6, 6.07) is -0.125. The number of hydrogen-bond donors (Lipinski definition) is 1. The molecule has 130 valence electrons. The lowest BCUT2D eigenvalue weighted by molar-refractivity contribution is -0.116. The number of sulfonamides is 1. The summed E-state index contributed by atoms with van der Waals surface area (Å²) in [6.45, 7) is 9.56. The van der Waals surface area contributed by atoms with Crippen LogP contribution < -0.4 is 0 Å². The molecule has 2 aliphatic heterocycles. The summed E-state index contributed by atoms with van der Waals surface area (Å²) in [6.07, 6.45) is 2.91. The van der Waals surface area contributed by atoms with Crippen molar-refractivity contribution < 1.29 is 18.3 Å². The van der Waals surface area contributed by atoms with Crippen LogP contribution >= 0.6 is 0 Å². The molecule has 0 radical (unpaired) electrons. The second kappa shape index (κ2) is 6.38. The van der Waals surface area contributed by atoms with E-state index < -0.39 is 15.6 Å². The van der Waals surface area contributed by atoms with E-state index in [0.29, 0.717) is 32.6 Å². The van der Waals surface area contributed by atoms with Crippen molar-refractivity contribution in [3.63, 3.8) is 0 Å². The monoisotopic (exact) mass is 333 g/mol. The summed E-state index contributed by atoms with van der Waals surface area (Å²) in [5.41, 5.74) is -0.840. The lowest BCUT2D eigenvalue weighted by atomic mass is 9.80. The minimum Gasteiger partial charge on any atom is -0.390 e. The van der Waals surface area contributed by atoms with Crippen molar-refractivity contribution in [1.29, 1.82) is 0 Å². The van der Waals surface area contributed by atoms with E-state index in [1.54, 1.807) is 4.31 Å². The standard InChI is InChI=1S/C16H31NO4S/c1-15(2,3)8-11-22(19,20)17-9-5-6-14(17)13-12-21-10-7-16(13,4)18/h13-14,18H,5-12H2,1-4H3/t13-,14+,16+/m0/s1. The summed E-state index contributed by atoms with van der Waals surface area (Å²) in [7, 11) is -3.28. The minimum absolute atomic E-state index is 0.00172. The maximum absolute atomic E-state index is 12.7. The highest BCUT2D eigenvalue weighted by molar-refractivity contribution is 7.89. The van der Waals surface area contributed by atoms with E-state index in [9.17, 15) is 13.5 Å². The maximum atomic E-state index is 12.7. The van der Waals surface area contributed by atoms with Crippen LogP contribution in [0.2, 0.25) is 0 Å². The van der Waals surface area contributed by atoms with Crippen molar-refractivity contribution in [2.45, 2.75) is 65.0 Å². The number of hydrogen-bond acceptors (Lipinski definition) is 4. The largest absolute Gasteiger partial charge is 0.390 e. The third-order valence-electron chi connectivity index (χ3n) is 5.03. The van der Waals surface area contributed by atoms with Crippen LogP contribution in [0.3, 0.4) is 0 Å². The molecule has 5 nitrogen and oxygen atoms in total. The van der Waals surface area contributed by atoms with Crippen molar-refractivity contribution in [2.24, 2.45) is 11.3 Å². The topological polar surface area (TPSA) is 66.8 Å². The number of nitrogens with zero attached hydrogens (tertiary/aromatic N) is 1. The van der Waals surface area contributed by atoms with Gasteiger partial charge in [-0.25, -0.2) is 8.42 Å². The van der Waals surface area contributed by atoms with Crippen molar-refractivity contribution in [1.82, 2.24) is 4.31 Å². The van der Waals surface area contributed by atoms with Crippen molar-refractivity contribution in [3.05, 3.63) is 0 Å². The molecule has 0 bridgehead atoms. The van der Waals surface area contributed by atoms with Gasteiger partial charge >= 0.3 is 0 Å². The quantitative estimate of drug-likeness (QED) is 0.854. The predicted molar refractivity (Wildman–Crippen MR) is 87.1 cm³/mol. The molecule has 0 unspecified atom stereocenters. The van der Waals surface area contributed by atoms with Gasteiger partial charge in [0.05, 0.1) is 18.0 Å². The van der Waals surface area contributed by atoms with Crippen LogP contribution in [0.15, 0.2) is 0 Å². The average Bonchev–Trinajstić information content (AvgIpc) is 2.85. The first-order valence-corrected chi connectivity index (χ1v) is 9.93. The normalized spacial score (nSPS) is 35.0. The first-order valence-electron chi connectivity index (χ1n) is 8.33. The van der Waals surface area contributed by atoms with E-state index in [4.69, 9.17) is 4.74 Å². The fourth-order valence-electron chi connectivity index (χ4n) is 3.45. The van der Waals surface area contributed by atoms with E-state index in [0.717, 1.165) is 12.8 Å². The predicted octanol–water partition coefficient (Wildman–Crippen LogP) is 2.00. The van der Waals surface area contributed by atoms with Gasteiger partial charge in [-0.2, -0.15) is 4.31 Å². The molecule has 6 heteroatoms. The molecule has 0 aromatic carbocycles. The molecule has 2 heterocycles. The van der Waals surface area contributed by atoms with Gasteiger partial charge in [-0.3, -0.25) is 0 Å². The highest BCUT2D eigenvalue weighted by Crippen LogP contribution is 2.37. The maximum Gasteiger partial charge on any atom is 0.214 e. The summed E-state index contributed by atoms with van der Waals surface area (Å²) >= 11 is 0. The van der Waals surface area contributed by atoms with E-state index in [2.05, 4.69) is 20.8 Å². The number of ether oxygens (including phenoxy) is 1. The molecule has 2 fully saturated rings. The van der Waals surface area contributed by atoms with E-state index in [1.807, 2.05) is 6.92 Å². The van der Waals surface area contributed by atoms with Gasteiger partial charge < -0.3 is 9.84 Å². The van der Waals surface area contributed by atoms with E-state index in [1.165, 1.54) is 0 Å². The van der Waals surface area contributed by atoms with Crippen molar-refractivity contribution in [3.8, 4) is 0 Å². The summed E-state index contributed by atoms with van der Waals surface area (Å²) < 4.78 is 32.7. The first-order chi connectivity index (χ1) is 10.0. The van der Waals surface area contributed by atoms with Gasteiger partial charge in [0.2, 0.25) is 10.0 Å². The van der Waals surface area contributed by atoms with Crippen LogP contribution in [0, 0.1) is 11.3 Å². The molecule has 22 heavy (non-hydrogen) atoms. The van der Waals surface area contributed by atoms with Gasteiger partial charge in [0.25, 0.3) is 0 Å². The zero-order chi connectivity index (χ0) is 16.6. The summed E-state index contributed by atoms with van der Waals surface area (Å²) in [5.74, 6) is 0.0519. The summed E-state index contributed by atoms with van der Waals surface area (Å²) in [4.78, 5) is 0. The molecule has 3 atom stereocenters. The molecule has 2 aliphatic rings. The van der Waals surface area contributed by atoms with Gasteiger partial charge in [-0.15, -0.1) is 0 Å². The fourth-order valence-corrected chi connectivity index (χ4v) is 5.62. The molecule has 0 aromatic heterocycles. The van der Waals surface area contributed by atoms with Crippen LogP contribution in [-0.2, 0) is 14.8 Å². The smallest absolute Gasteiger partial charge is 0.214 e. The third kappa shape index (κ3) is 4.22. The van der Waals surface area contributed by atoms with Gasteiger partial charge in [0, 0.05) is 25.1 Å². The minimum atomic E-state index is -3.28. The molecule has 0 saturated carbocycles. The van der Waals surface area contributed by atoms with E-state index >= 15 is 0 Å². The Kier molecular flexibility index (Phi) is 5.27. The van der Waals surface area contributed by atoms with Crippen LogP contribution in [0.5, 0.6) is 0 Å². The Morgan fingerprint density at radius 2 is 2.05 bits per heavy atom. The molecule has 0 aliphatic carbocycles. The third-order valence-corrected chi connectivity index (χ3v) is 6.92. The Balaban J connectivity index is 2.12. The SMILES string of the molecule is CC(C)(C)CCS(=O)(=O)N1CCC[C@@H]1[C@@H]1COCC[C@@]1(C)O. The van der Waals surface area contributed by atoms with Crippen LogP contribution in [0.1, 0.15) is 53.4 Å². The molecule has 0 aromatic rings.